The van der Waals surface area contributed by atoms with E-state index in [1.807, 2.05) is 13.8 Å². The van der Waals surface area contributed by atoms with Gasteiger partial charge in [-0.15, -0.1) is 0 Å². The van der Waals surface area contributed by atoms with E-state index in [1.54, 1.807) is 30.9 Å². The molecule has 8 nitrogen and oxygen atoms in total. The van der Waals surface area contributed by atoms with Crippen molar-refractivity contribution in [2.24, 2.45) is 0 Å². The van der Waals surface area contributed by atoms with Crippen LogP contribution in [0.25, 0.3) is 22.3 Å². The van der Waals surface area contributed by atoms with Gasteiger partial charge < -0.3 is 31.9 Å². The van der Waals surface area contributed by atoms with E-state index < -0.39 is 11.6 Å². The molecule has 2 aromatic heterocycles. The van der Waals surface area contributed by atoms with Crippen LogP contribution in [-0.4, -0.2) is 27.0 Å². The van der Waals surface area contributed by atoms with Crippen molar-refractivity contribution in [3.63, 3.8) is 0 Å². The van der Waals surface area contributed by atoms with Crippen LogP contribution < -0.4 is 10.9 Å². The number of aliphatic hydroxyl groups is 1. The Bertz CT molecular complexity index is 1530. The van der Waals surface area contributed by atoms with Gasteiger partial charge in [0, 0.05) is 78.3 Å². The molecule has 11 heteroatoms. The Hall–Kier alpha value is -1.95. The van der Waals surface area contributed by atoms with Gasteiger partial charge in [0.1, 0.15) is 12.4 Å². The maximum atomic E-state index is 14.8. The number of rotatable bonds is 3. The molecule has 39 heavy (non-hydrogen) atoms. The summed E-state index contributed by atoms with van der Waals surface area (Å²) in [6.45, 7) is 7.37. The average molecular weight is 797 g/mol. The van der Waals surface area contributed by atoms with Crippen molar-refractivity contribution in [1.29, 1.82) is 0 Å². The number of hydrogen-bond donors (Lipinski definition) is 2. The zero-order chi connectivity index (χ0) is 25.9. The Morgan fingerprint density at radius 1 is 1.26 bits per heavy atom. The predicted molar refractivity (Wildman–Crippen MR) is 137 cm³/mol. The molecule has 0 saturated heterocycles. The van der Waals surface area contributed by atoms with Crippen molar-refractivity contribution in [1.82, 2.24) is 14.9 Å². The molecule has 0 saturated carbocycles. The minimum atomic E-state index is -1.93. The number of benzene rings is 1. The molecule has 0 spiro atoms. The van der Waals surface area contributed by atoms with Gasteiger partial charge >= 0.3 is 5.97 Å². The summed E-state index contributed by atoms with van der Waals surface area (Å²) in [7, 11) is 0. The number of nitrogens with one attached hydrogen (secondary N) is 1. The molecule has 2 atom stereocenters. The van der Waals surface area contributed by atoms with Gasteiger partial charge in [-0.1, -0.05) is 20.8 Å². The Balaban J connectivity index is 0.00000104. The van der Waals surface area contributed by atoms with Crippen LogP contribution in [0.15, 0.2) is 16.9 Å². The van der Waals surface area contributed by atoms with Gasteiger partial charge in [-0.2, -0.15) is 6.41 Å². The monoisotopic (exact) mass is 796 g/mol. The molecule has 0 bridgehead atoms. The molecular weight excluding hydrogens is 766 g/mol. The van der Waals surface area contributed by atoms with Gasteiger partial charge in [0.2, 0.25) is 0 Å². The summed E-state index contributed by atoms with van der Waals surface area (Å²) < 4.78 is 21.4. The van der Waals surface area contributed by atoms with Crippen LogP contribution in [0.2, 0.25) is 0 Å². The third kappa shape index (κ3) is 4.72. The van der Waals surface area contributed by atoms with Crippen molar-refractivity contribution in [3.8, 4) is 11.4 Å². The molecule has 3 aliphatic rings. The van der Waals surface area contributed by atoms with E-state index in [0.29, 0.717) is 35.3 Å². The second kappa shape index (κ2) is 12.3. The number of cyclic esters (lactones) is 1. The number of fused-ring (bicyclic) bond motifs is 5. The molecule has 0 fully saturated rings. The molecule has 1 amide bonds. The van der Waals surface area contributed by atoms with E-state index in [1.165, 1.54) is 6.07 Å². The molecule has 1 radical (unpaired) electrons. The van der Waals surface area contributed by atoms with Crippen molar-refractivity contribution >= 4 is 23.3 Å². The van der Waals surface area contributed by atoms with Crippen molar-refractivity contribution in [2.75, 3.05) is 0 Å². The van der Waals surface area contributed by atoms with Gasteiger partial charge in [0.15, 0.2) is 5.60 Å². The number of ether oxygens (including phenoxy) is 1. The summed E-state index contributed by atoms with van der Waals surface area (Å²) in [5.74, 6) is -1.15. The molecule has 2 N–H and O–H groups in total. The maximum absolute atomic E-state index is 14.8. The van der Waals surface area contributed by atoms with Crippen molar-refractivity contribution in [3.05, 3.63) is 69.1 Å². The number of carbonyl (C=O) groups excluding carboxylic acids is 2. The van der Waals surface area contributed by atoms with Crippen LogP contribution in [0.1, 0.15) is 73.0 Å². The zero-order valence-electron chi connectivity index (χ0n) is 22.6. The molecule has 1 aromatic carbocycles. The minimum Gasteiger partial charge on any atom is -0.524 e. The number of pyridine rings is 2. The molecule has 3 aromatic rings. The number of esters is 1. The molecule has 6 rings (SSSR count). The van der Waals surface area contributed by atoms with E-state index >= 15 is 0 Å². The summed E-state index contributed by atoms with van der Waals surface area (Å²) in [6.07, 6.45) is 2.97. The van der Waals surface area contributed by atoms with Crippen LogP contribution >= 0.6 is 0 Å². The van der Waals surface area contributed by atoms with E-state index in [0.717, 1.165) is 22.1 Å². The largest absolute Gasteiger partial charge is 0.524 e. The zero-order valence-corrected chi connectivity index (χ0v) is 28.1. The van der Waals surface area contributed by atoms with Gasteiger partial charge in [-0.3, -0.25) is 4.79 Å². The number of amides is 1. The first kappa shape index (κ1) is 33.3. The van der Waals surface area contributed by atoms with Crippen molar-refractivity contribution in [2.45, 2.75) is 71.8 Å². The fraction of sp³-hybridized carbons (Fsp3) is 0.393. The number of nitrogens with zero attached hydrogens (tertiary/aromatic N) is 2. The van der Waals surface area contributed by atoms with Crippen LogP contribution in [0.5, 0.6) is 0 Å². The number of carbonyl (C=O) groups is 1. The fourth-order valence-corrected chi connectivity index (χ4v) is 5.77. The molecule has 0 unspecified atom stereocenters. The molecule has 4 heterocycles. The third-order valence-electron chi connectivity index (χ3n) is 7.61. The Labute approximate surface area is 262 Å². The van der Waals surface area contributed by atoms with Crippen LogP contribution in [0, 0.1) is 51.3 Å². The summed E-state index contributed by atoms with van der Waals surface area (Å²) in [6, 6.07) is 2.65. The molecule has 1 aliphatic carbocycles. The predicted octanol–water partition coefficient (Wildman–Crippen LogP) is 3.65. The molecular formula is C28H30FN3O5UV-2. The number of hydrogen-bond acceptors (Lipinski definition) is 6. The molecule has 205 valence electrons. The maximum Gasteiger partial charge on any atom is 0.343 e. The first-order valence-electron chi connectivity index (χ1n) is 12.2. The Morgan fingerprint density at radius 2 is 1.95 bits per heavy atom. The van der Waals surface area contributed by atoms with Gasteiger partial charge in [-0.25, -0.2) is 14.2 Å². The van der Waals surface area contributed by atoms with E-state index in [4.69, 9.17) is 9.72 Å². The van der Waals surface area contributed by atoms with Gasteiger partial charge in [0.25, 0.3) is 5.56 Å². The second-order valence-corrected chi connectivity index (χ2v) is 9.15. The van der Waals surface area contributed by atoms with E-state index in [2.05, 4.69) is 5.32 Å². The first-order valence-corrected chi connectivity index (χ1v) is 12.2. The van der Waals surface area contributed by atoms with Crippen LogP contribution in [0.3, 0.4) is 0 Å². The Kier molecular flexibility index (Phi) is 10.5. The first-order chi connectivity index (χ1) is 17.3. The second-order valence-electron chi connectivity index (χ2n) is 9.15. The summed E-state index contributed by atoms with van der Waals surface area (Å²) >= 11 is 0. The SMILES string of the molecule is CC.CC[C@@]1(O)C(=O)OCc2c1cc1n(c2=O)Cc2c-1nc1cc(F)c(C)c3c1c2[C@@H](N[C-]=O)CC3.[CH3-].[U].[V]. The summed E-state index contributed by atoms with van der Waals surface area (Å²) in [4.78, 5) is 41.9. The van der Waals surface area contributed by atoms with Gasteiger partial charge in [-0.05, 0) is 48.9 Å². The normalized spacial score (nSPS) is 19.4. The Morgan fingerprint density at radius 3 is 2.59 bits per heavy atom. The van der Waals surface area contributed by atoms with Crippen LogP contribution in [-0.2, 0) is 58.1 Å². The smallest absolute Gasteiger partial charge is 0.343 e. The fourth-order valence-electron chi connectivity index (χ4n) is 5.77. The van der Waals surface area contributed by atoms with Crippen LogP contribution in [0.4, 0.5) is 4.39 Å². The summed E-state index contributed by atoms with van der Waals surface area (Å²) in [5, 5.41) is 14.6. The van der Waals surface area contributed by atoms with Gasteiger partial charge in [0.05, 0.1) is 29.0 Å². The van der Waals surface area contributed by atoms with Crippen molar-refractivity contribution < 1.29 is 73.5 Å². The number of aromatic nitrogens is 2. The topological polar surface area (TPSA) is 111 Å². The quantitative estimate of drug-likeness (QED) is 0.186. The third-order valence-corrected chi connectivity index (χ3v) is 7.61. The molecule has 2 aliphatic heterocycles. The number of halogens is 1. The van der Waals surface area contributed by atoms with E-state index in [-0.39, 0.29) is 105 Å². The number of aryl methyl sites for hydroxylation is 1. The average Bonchev–Trinajstić information content (AvgIpc) is 3.25. The summed E-state index contributed by atoms with van der Waals surface area (Å²) in [5.41, 5.74) is 2.50. The van der Waals surface area contributed by atoms with E-state index in [9.17, 15) is 23.9 Å². The minimum absolute atomic E-state index is 0. The standard InChI is InChI=1S/C25H21FN3O5.C2H6.CH3.U.V/c1-3-25(33)15-6-19-22-13(8-29(19)23(31)14(15)9-34-24(25)32)21-17(27-10-30)5-4-12-11(2)16(26)7-18(28-22)20(12)21;1-2;;;/h6-7,17,33H,3-5,8-9H2,1-2H3,(H,27,30);1-2H3;1H3;;/q-1;;-1;;/t17-,25-;;;;/m0..../s1.